The third-order valence-electron chi connectivity index (χ3n) is 9.70. The van der Waals surface area contributed by atoms with Crippen LogP contribution in [0.4, 0.5) is 4.79 Å². The van der Waals surface area contributed by atoms with E-state index in [1.54, 1.807) is 7.11 Å². The van der Waals surface area contributed by atoms with Crippen molar-refractivity contribution in [1.29, 1.82) is 0 Å². The quantitative estimate of drug-likeness (QED) is 0.0793. The molecule has 0 aromatic carbocycles. The third kappa shape index (κ3) is 15.3. The average Bonchev–Trinajstić information content (AvgIpc) is 3.81. The molecular formula is C36H62N8O8S. The lowest BCUT2D eigenvalue weighted by Gasteiger charge is -2.29. The molecule has 4 heterocycles. The van der Waals surface area contributed by atoms with E-state index in [-0.39, 0.29) is 41.9 Å². The molecule has 0 saturated carbocycles. The number of unbranched alkanes of at least 4 members (excludes halogenated alkanes) is 1. The molecule has 3 aliphatic heterocycles. The van der Waals surface area contributed by atoms with E-state index in [0.717, 1.165) is 55.8 Å². The normalized spacial score (nSPS) is 20.9. The van der Waals surface area contributed by atoms with Gasteiger partial charge < -0.3 is 45.1 Å². The Kier molecular flexibility index (Phi) is 19.7. The van der Waals surface area contributed by atoms with Crippen LogP contribution in [0.2, 0.25) is 0 Å². The standard InChI is InChI=1S/C36H62N8O8S/c1-3-16-44-30-13-17-43(25-27(49-2)24-28(30)41-42-44)34(47)12-6-11-33(46)38-15-8-19-51-21-23-52-22-20-50-18-7-14-37-32(45)10-5-4-9-31-35-29(26-53-31)39-36(48)40-35/h27,29,31,35H,3-26H2,1-2H3,(H,37,45)(H,38,46)(H2,39,40,48)/t27-,29+,31+,35+/m1/s1. The number of carbonyl (C=O) groups excluding carboxylic acids is 4. The Bertz CT molecular complexity index is 1270. The smallest absolute Gasteiger partial charge is 0.315 e. The molecule has 2 saturated heterocycles. The van der Waals surface area contributed by atoms with Crippen molar-refractivity contribution in [1.82, 2.24) is 41.2 Å². The molecule has 17 heteroatoms. The topological polar surface area (TPSA) is 187 Å². The zero-order valence-electron chi connectivity index (χ0n) is 31.7. The number of thioether (sulfide) groups is 1. The number of carbonyl (C=O) groups is 4. The molecule has 1 aromatic rings. The number of amides is 5. The molecule has 0 bridgehead atoms. The molecular weight excluding hydrogens is 705 g/mol. The Balaban J connectivity index is 0.883. The summed E-state index contributed by atoms with van der Waals surface area (Å²) < 4.78 is 24.3. The number of aromatic nitrogens is 3. The van der Waals surface area contributed by atoms with Crippen LogP contribution in [0.5, 0.6) is 0 Å². The second kappa shape index (κ2) is 24.4. The Labute approximate surface area is 318 Å². The number of aryl methyl sites for hydroxylation is 1. The lowest BCUT2D eigenvalue weighted by atomic mass is 10.0. The van der Waals surface area contributed by atoms with E-state index in [9.17, 15) is 19.2 Å². The van der Waals surface area contributed by atoms with E-state index in [1.165, 1.54) is 0 Å². The molecule has 0 unspecified atom stereocenters. The van der Waals surface area contributed by atoms with Gasteiger partial charge in [-0.1, -0.05) is 18.6 Å². The summed E-state index contributed by atoms with van der Waals surface area (Å²) in [4.78, 5) is 50.7. The molecule has 0 radical (unpaired) electrons. The maximum atomic E-state index is 13.0. The Morgan fingerprint density at radius 3 is 2.25 bits per heavy atom. The first-order valence-corrected chi connectivity index (χ1v) is 20.6. The summed E-state index contributed by atoms with van der Waals surface area (Å²) in [6, 6.07) is 0.405. The number of nitrogens with zero attached hydrogens (tertiary/aromatic N) is 4. The van der Waals surface area contributed by atoms with Gasteiger partial charge in [0.15, 0.2) is 0 Å². The highest BCUT2D eigenvalue weighted by Gasteiger charge is 2.42. The van der Waals surface area contributed by atoms with Gasteiger partial charge in [0, 0.05) is 96.2 Å². The van der Waals surface area contributed by atoms with Gasteiger partial charge in [0.25, 0.3) is 0 Å². The molecule has 53 heavy (non-hydrogen) atoms. The fourth-order valence-electron chi connectivity index (χ4n) is 6.79. The highest BCUT2D eigenvalue weighted by atomic mass is 32.2. The molecule has 16 nitrogen and oxygen atoms in total. The molecule has 300 valence electrons. The number of hydrogen-bond donors (Lipinski definition) is 4. The molecule has 4 rings (SSSR count). The second-order valence-electron chi connectivity index (χ2n) is 13.8. The zero-order chi connectivity index (χ0) is 37.7. The predicted octanol–water partition coefficient (Wildman–Crippen LogP) is 1.59. The third-order valence-corrected chi connectivity index (χ3v) is 11.2. The van der Waals surface area contributed by atoms with Crippen LogP contribution in [-0.2, 0) is 52.7 Å². The summed E-state index contributed by atoms with van der Waals surface area (Å²) in [5.41, 5.74) is 2.04. The van der Waals surface area contributed by atoms with E-state index in [0.29, 0.717) is 116 Å². The van der Waals surface area contributed by atoms with Crippen molar-refractivity contribution in [3.8, 4) is 0 Å². The van der Waals surface area contributed by atoms with Crippen LogP contribution in [0.3, 0.4) is 0 Å². The van der Waals surface area contributed by atoms with E-state index < -0.39 is 0 Å². The zero-order valence-corrected chi connectivity index (χ0v) is 32.6. The fourth-order valence-corrected chi connectivity index (χ4v) is 8.33. The summed E-state index contributed by atoms with van der Waals surface area (Å²) in [5.74, 6) is 1.01. The van der Waals surface area contributed by atoms with Crippen LogP contribution >= 0.6 is 11.8 Å². The molecule has 2 fully saturated rings. The Morgan fingerprint density at radius 1 is 0.887 bits per heavy atom. The van der Waals surface area contributed by atoms with Crippen molar-refractivity contribution in [3.05, 3.63) is 11.4 Å². The molecule has 4 atom stereocenters. The summed E-state index contributed by atoms with van der Waals surface area (Å²) in [6.07, 6.45) is 8.10. The van der Waals surface area contributed by atoms with E-state index in [2.05, 4.69) is 38.5 Å². The second-order valence-corrected chi connectivity index (χ2v) is 15.1. The Morgan fingerprint density at radius 2 is 1.57 bits per heavy atom. The number of rotatable bonds is 26. The summed E-state index contributed by atoms with van der Waals surface area (Å²) >= 11 is 1.90. The van der Waals surface area contributed by atoms with Crippen molar-refractivity contribution >= 4 is 35.5 Å². The monoisotopic (exact) mass is 766 g/mol. The average molecular weight is 767 g/mol. The molecule has 1 aromatic heterocycles. The van der Waals surface area contributed by atoms with E-state index in [1.807, 2.05) is 21.3 Å². The van der Waals surface area contributed by atoms with Crippen molar-refractivity contribution in [2.45, 2.75) is 114 Å². The van der Waals surface area contributed by atoms with Crippen LogP contribution < -0.4 is 21.3 Å². The van der Waals surface area contributed by atoms with Gasteiger partial charge in [-0.25, -0.2) is 9.48 Å². The van der Waals surface area contributed by atoms with Gasteiger partial charge in [-0.15, -0.1) is 5.10 Å². The van der Waals surface area contributed by atoms with Crippen LogP contribution in [-0.4, -0.2) is 146 Å². The first-order chi connectivity index (χ1) is 25.9. The van der Waals surface area contributed by atoms with E-state index >= 15 is 0 Å². The maximum absolute atomic E-state index is 13.0. The first kappa shape index (κ1) is 42.7. The summed E-state index contributed by atoms with van der Waals surface area (Å²) in [5, 5.41) is 20.9. The van der Waals surface area contributed by atoms with Crippen LogP contribution in [0.15, 0.2) is 0 Å². The number of hydrogen-bond acceptors (Lipinski definition) is 11. The minimum Gasteiger partial charge on any atom is -0.379 e. The highest BCUT2D eigenvalue weighted by Crippen LogP contribution is 2.33. The number of nitrogens with one attached hydrogen (secondary N) is 4. The molecule has 3 aliphatic rings. The lowest BCUT2D eigenvalue weighted by molar-refractivity contribution is -0.133. The SMILES string of the molecule is CCCn1nnc2c1CCN(C(=O)CCCC(=O)NCCCOCCOCCOCCCNC(=O)CCCC[C@@H]1SC[C@@H]3NC(=O)N[C@@H]31)C[C@H](OC)C2. The van der Waals surface area contributed by atoms with Crippen molar-refractivity contribution < 1.29 is 38.1 Å². The predicted molar refractivity (Wildman–Crippen MR) is 201 cm³/mol. The van der Waals surface area contributed by atoms with Gasteiger partial charge in [0.2, 0.25) is 17.7 Å². The molecule has 0 spiro atoms. The summed E-state index contributed by atoms with van der Waals surface area (Å²) in [6.45, 7) is 8.09. The van der Waals surface area contributed by atoms with Crippen molar-refractivity contribution in [3.63, 3.8) is 0 Å². The first-order valence-electron chi connectivity index (χ1n) is 19.5. The van der Waals surface area contributed by atoms with Crippen LogP contribution in [0.1, 0.15) is 82.5 Å². The van der Waals surface area contributed by atoms with Crippen LogP contribution in [0.25, 0.3) is 0 Å². The molecule has 0 aliphatic carbocycles. The number of ether oxygens (including phenoxy) is 4. The minimum atomic E-state index is -0.139. The van der Waals surface area contributed by atoms with Gasteiger partial charge in [-0.3, -0.25) is 14.4 Å². The molecule has 5 amide bonds. The van der Waals surface area contributed by atoms with Crippen LogP contribution in [0, 0.1) is 0 Å². The number of methoxy groups -OCH3 is 1. The van der Waals surface area contributed by atoms with Gasteiger partial charge in [0.05, 0.1) is 56.0 Å². The van der Waals surface area contributed by atoms with Gasteiger partial charge in [0.1, 0.15) is 0 Å². The van der Waals surface area contributed by atoms with Gasteiger partial charge in [-0.2, -0.15) is 11.8 Å². The Hall–Kier alpha value is -2.99. The summed E-state index contributed by atoms with van der Waals surface area (Å²) in [7, 11) is 1.66. The number of fused-ring (bicyclic) bond motifs is 2. The highest BCUT2D eigenvalue weighted by molar-refractivity contribution is 8.00. The number of urea groups is 1. The minimum absolute atomic E-state index is 0.0388. The van der Waals surface area contributed by atoms with Gasteiger partial charge in [-0.05, 0) is 38.5 Å². The van der Waals surface area contributed by atoms with Gasteiger partial charge >= 0.3 is 6.03 Å². The lowest BCUT2D eigenvalue weighted by Crippen LogP contribution is -2.42. The largest absolute Gasteiger partial charge is 0.379 e. The molecule has 4 N–H and O–H groups in total. The maximum Gasteiger partial charge on any atom is 0.315 e. The van der Waals surface area contributed by atoms with Crippen molar-refractivity contribution in [2.75, 3.05) is 78.7 Å². The van der Waals surface area contributed by atoms with Crippen molar-refractivity contribution in [2.24, 2.45) is 0 Å². The fraction of sp³-hybridized carbons (Fsp3) is 0.833. The van der Waals surface area contributed by atoms with E-state index in [4.69, 9.17) is 18.9 Å².